The number of rotatable bonds is 17. The number of hydrogen-bond donors (Lipinski definition) is 8. The summed E-state index contributed by atoms with van der Waals surface area (Å²) in [5.41, 5.74) is 12.1. The van der Waals surface area contributed by atoms with Crippen LogP contribution in [0.15, 0.2) is 65.7 Å². The predicted octanol–water partition coefficient (Wildman–Crippen LogP) is 0.341. The van der Waals surface area contributed by atoms with E-state index in [4.69, 9.17) is 26.1 Å². The molecule has 2 aromatic carbocycles. The van der Waals surface area contributed by atoms with Gasteiger partial charge in [-0.1, -0.05) is 60.7 Å². The van der Waals surface area contributed by atoms with Crippen molar-refractivity contribution < 1.29 is 66.8 Å². The molecule has 0 unspecified atom stereocenters. The molecule has 54 heavy (non-hydrogen) atoms. The molecule has 2 aromatic rings. The van der Waals surface area contributed by atoms with Crippen LogP contribution in [0.5, 0.6) is 0 Å². The fourth-order valence-corrected chi connectivity index (χ4v) is 4.92. The molecule has 1 heterocycles. The van der Waals surface area contributed by atoms with Crippen molar-refractivity contribution in [2.75, 3.05) is 13.1 Å². The summed E-state index contributed by atoms with van der Waals surface area (Å²) < 4.78 is 37.0. The lowest BCUT2D eigenvalue weighted by molar-refractivity contribution is -0.192. The number of alkyl carbamates (subject to hydrolysis) is 1. The Balaban J connectivity index is 0.00000131. The van der Waals surface area contributed by atoms with Gasteiger partial charge < -0.3 is 52.4 Å². The van der Waals surface area contributed by atoms with Gasteiger partial charge in [-0.2, -0.15) is 13.2 Å². The van der Waals surface area contributed by atoms with Gasteiger partial charge in [-0.15, -0.1) is 0 Å². The second-order valence-electron chi connectivity index (χ2n) is 11.6. The van der Waals surface area contributed by atoms with Gasteiger partial charge in [0.1, 0.15) is 30.8 Å². The number of alkyl halides is 3. The number of hydrogen-bond acceptors (Lipinski definition) is 9. The van der Waals surface area contributed by atoms with E-state index in [-0.39, 0.29) is 51.3 Å². The highest BCUT2D eigenvalue weighted by atomic mass is 19.4. The average molecular weight is 768 g/mol. The number of nitrogens with zero attached hydrogens (tertiary/aromatic N) is 2. The van der Waals surface area contributed by atoms with Gasteiger partial charge in [0.2, 0.25) is 17.7 Å². The van der Waals surface area contributed by atoms with Crippen LogP contribution in [0.2, 0.25) is 0 Å². The minimum atomic E-state index is -5.08. The van der Waals surface area contributed by atoms with Crippen LogP contribution in [-0.4, -0.2) is 111 Å². The smallest absolute Gasteiger partial charge is 0.481 e. The van der Waals surface area contributed by atoms with Crippen LogP contribution < -0.4 is 27.4 Å². The molecular weight excluding hydrogens is 727 g/mol. The standard InChI is InChI=1S/C31H39N7O9.C2HF3O2/c32-30(33)34-14-7-12-21(37-31(46)47-18-20-10-5-2-6-11-20)26(41)35-22-13-15-38(28(22)43)24(17-25(39)40)27(42)36-23(29(44)45)16-19-8-3-1-4-9-19;3-2(4,5)1(6)7/h1-6,8-11,21-24H,7,12-18H2,(H,35,41)(H,36,42)(H,37,46)(H,39,40)(H,44,45)(H4,32,33,34);(H,6,7)/t21-,22+,23-,24-;/m0./s1. The lowest BCUT2D eigenvalue weighted by atomic mass is 10.0. The summed E-state index contributed by atoms with van der Waals surface area (Å²) >= 11 is 0. The third kappa shape index (κ3) is 15.5. The Morgan fingerprint density at radius 1 is 0.889 bits per heavy atom. The molecule has 1 aliphatic rings. The second kappa shape index (κ2) is 21.2. The third-order valence-electron chi connectivity index (χ3n) is 7.51. The van der Waals surface area contributed by atoms with Gasteiger partial charge in [-0.3, -0.25) is 24.2 Å². The quantitative estimate of drug-likeness (QED) is 0.0613. The van der Waals surface area contributed by atoms with Crippen molar-refractivity contribution in [1.29, 1.82) is 0 Å². The number of nitrogens with two attached hydrogens (primary N) is 2. The number of benzene rings is 2. The Morgan fingerprint density at radius 2 is 1.46 bits per heavy atom. The fraction of sp³-hybridized carbons (Fsp3) is 0.394. The van der Waals surface area contributed by atoms with Gasteiger partial charge in [0.25, 0.3) is 0 Å². The topological polar surface area (TPSA) is 293 Å². The second-order valence-corrected chi connectivity index (χ2v) is 11.6. The third-order valence-corrected chi connectivity index (χ3v) is 7.51. The molecule has 1 fully saturated rings. The van der Waals surface area contributed by atoms with Gasteiger partial charge in [0.05, 0.1) is 6.42 Å². The van der Waals surface area contributed by atoms with Crippen molar-refractivity contribution in [1.82, 2.24) is 20.9 Å². The Bertz CT molecular complexity index is 1640. The SMILES string of the molecule is NC(N)=NCCC[C@H](NC(=O)OCc1ccccc1)C(=O)N[C@@H]1CCN([C@@H](CC(=O)O)C(=O)N[C@@H](Cc2ccccc2)C(=O)O)C1=O.O=C(O)C(F)(F)F. The van der Waals surface area contributed by atoms with E-state index in [9.17, 15) is 52.2 Å². The summed E-state index contributed by atoms with van der Waals surface area (Å²) in [6.45, 7) is 0.0239. The first-order chi connectivity index (χ1) is 25.4. The number of carboxylic acids is 3. The molecule has 4 atom stereocenters. The Hall–Kier alpha value is -6.41. The van der Waals surface area contributed by atoms with Crippen LogP contribution in [0.1, 0.15) is 36.8 Å². The molecule has 294 valence electrons. The molecule has 0 saturated carbocycles. The van der Waals surface area contributed by atoms with E-state index in [1.165, 1.54) is 0 Å². The zero-order chi connectivity index (χ0) is 40.4. The van der Waals surface area contributed by atoms with E-state index >= 15 is 0 Å². The maximum atomic E-state index is 13.4. The summed E-state index contributed by atoms with van der Waals surface area (Å²) in [4.78, 5) is 89.8. The van der Waals surface area contributed by atoms with Crippen LogP contribution in [0.4, 0.5) is 18.0 Å². The van der Waals surface area contributed by atoms with Crippen molar-refractivity contribution in [3.8, 4) is 0 Å². The fourth-order valence-electron chi connectivity index (χ4n) is 4.92. The molecule has 0 aromatic heterocycles. The van der Waals surface area contributed by atoms with Crippen LogP contribution in [-0.2, 0) is 46.5 Å². The number of ether oxygens (including phenoxy) is 1. The minimum absolute atomic E-state index is 0.0273. The molecule has 3 rings (SSSR count). The highest BCUT2D eigenvalue weighted by Gasteiger charge is 2.42. The Morgan fingerprint density at radius 3 is 1.98 bits per heavy atom. The van der Waals surface area contributed by atoms with Crippen molar-refractivity contribution >= 4 is 47.7 Å². The van der Waals surface area contributed by atoms with E-state index in [0.717, 1.165) is 10.5 Å². The van der Waals surface area contributed by atoms with Crippen molar-refractivity contribution in [3.05, 3.63) is 71.8 Å². The summed E-state index contributed by atoms with van der Waals surface area (Å²) in [6, 6.07) is 12.2. The van der Waals surface area contributed by atoms with Gasteiger partial charge in [0, 0.05) is 19.5 Å². The van der Waals surface area contributed by atoms with Crippen LogP contribution in [0, 0.1) is 0 Å². The number of guanidine groups is 1. The number of carbonyl (C=O) groups excluding carboxylic acids is 4. The van der Waals surface area contributed by atoms with E-state index in [1.54, 1.807) is 60.7 Å². The predicted molar refractivity (Wildman–Crippen MR) is 181 cm³/mol. The number of carbonyl (C=O) groups is 7. The molecule has 1 aliphatic heterocycles. The molecule has 1 saturated heterocycles. The molecule has 0 bridgehead atoms. The minimum Gasteiger partial charge on any atom is -0.481 e. The summed E-state index contributed by atoms with van der Waals surface area (Å²) in [7, 11) is 0. The molecule has 21 heteroatoms. The van der Waals surface area contributed by atoms with E-state index in [2.05, 4.69) is 20.9 Å². The first kappa shape index (κ1) is 43.8. The number of aliphatic carboxylic acids is 3. The summed E-state index contributed by atoms with van der Waals surface area (Å²) in [5.74, 6) is -8.05. The van der Waals surface area contributed by atoms with Gasteiger partial charge in [-0.25, -0.2) is 14.4 Å². The zero-order valence-electron chi connectivity index (χ0n) is 28.5. The van der Waals surface area contributed by atoms with Crippen molar-refractivity contribution in [3.63, 3.8) is 0 Å². The van der Waals surface area contributed by atoms with E-state index in [1.807, 2.05) is 0 Å². The number of nitrogens with one attached hydrogen (secondary N) is 3. The maximum absolute atomic E-state index is 13.4. The van der Waals surface area contributed by atoms with Crippen LogP contribution in [0.3, 0.4) is 0 Å². The summed E-state index contributed by atoms with van der Waals surface area (Å²) in [6.07, 6.45) is -6.43. The monoisotopic (exact) mass is 767 g/mol. The van der Waals surface area contributed by atoms with Crippen LogP contribution in [0.25, 0.3) is 0 Å². The van der Waals surface area contributed by atoms with E-state index < -0.39 is 78.5 Å². The van der Waals surface area contributed by atoms with Gasteiger partial charge in [-0.05, 0) is 30.4 Å². The Labute approximate surface area is 305 Å². The van der Waals surface area contributed by atoms with Crippen molar-refractivity contribution in [2.45, 2.75) is 69.1 Å². The molecule has 0 spiro atoms. The highest BCUT2D eigenvalue weighted by Crippen LogP contribution is 2.19. The Kier molecular flexibility index (Phi) is 17.2. The number of halogens is 3. The van der Waals surface area contributed by atoms with E-state index in [0.29, 0.717) is 5.56 Å². The molecular formula is C33H40F3N7O11. The number of aliphatic imine (C=N–C) groups is 1. The maximum Gasteiger partial charge on any atom is 0.490 e. The molecule has 0 radical (unpaired) electrons. The summed E-state index contributed by atoms with van der Waals surface area (Å²) in [5, 5.41) is 33.7. The molecule has 18 nitrogen and oxygen atoms in total. The lowest BCUT2D eigenvalue weighted by Crippen LogP contribution is -2.55. The lowest BCUT2D eigenvalue weighted by Gasteiger charge is -2.28. The largest absolute Gasteiger partial charge is 0.490 e. The molecule has 10 N–H and O–H groups in total. The zero-order valence-corrected chi connectivity index (χ0v) is 28.5. The van der Waals surface area contributed by atoms with Crippen LogP contribution >= 0.6 is 0 Å². The van der Waals surface area contributed by atoms with Gasteiger partial charge in [0.15, 0.2) is 5.96 Å². The number of carboxylic acid groups (broad SMARTS) is 3. The highest BCUT2D eigenvalue weighted by molar-refractivity contribution is 5.97. The number of amides is 4. The molecule has 4 amide bonds. The molecule has 0 aliphatic carbocycles. The van der Waals surface area contributed by atoms with Crippen molar-refractivity contribution in [2.24, 2.45) is 16.5 Å². The first-order valence-corrected chi connectivity index (χ1v) is 16.1. The normalized spacial score (nSPS) is 15.3. The first-order valence-electron chi connectivity index (χ1n) is 16.1. The average Bonchev–Trinajstić information content (AvgIpc) is 3.46. The van der Waals surface area contributed by atoms with Gasteiger partial charge >= 0.3 is 30.2 Å². The number of likely N-dealkylation sites (tertiary alicyclic amines) is 1.